The van der Waals surface area contributed by atoms with Gasteiger partial charge in [0.05, 0.1) is 6.61 Å². The van der Waals surface area contributed by atoms with E-state index in [4.69, 9.17) is 9.47 Å². The second-order valence-corrected chi connectivity index (χ2v) is 6.59. The van der Waals surface area contributed by atoms with E-state index < -0.39 is 29.0 Å². The third-order valence-corrected chi connectivity index (χ3v) is 3.43. The van der Waals surface area contributed by atoms with E-state index in [9.17, 15) is 19.6 Å². The predicted octanol–water partition coefficient (Wildman–Crippen LogP) is 2.75. The molecular weight excluding hydrogens is 326 g/mol. The van der Waals surface area contributed by atoms with Gasteiger partial charge in [-0.05, 0) is 40.2 Å². The quantitative estimate of drug-likeness (QED) is 0.367. The van der Waals surface area contributed by atoms with E-state index in [1.807, 2.05) is 0 Å². The lowest BCUT2D eigenvalue weighted by Crippen LogP contribution is -2.62. The number of Topliss-reactive ketones (excluding diaryl/α,β-unsaturated/α-hetero) is 1. The fourth-order valence-corrected chi connectivity index (χ4v) is 2.25. The van der Waals surface area contributed by atoms with Crippen molar-refractivity contribution >= 4 is 17.8 Å². The maximum Gasteiger partial charge on any atom is 0.435 e. The third-order valence-electron chi connectivity index (χ3n) is 3.43. The molecule has 138 valence electrons. The number of esters is 1. The summed E-state index contributed by atoms with van der Waals surface area (Å²) < 4.78 is 10.1. The summed E-state index contributed by atoms with van der Waals surface area (Å²) in [4.78, 5) is 37.3. The molecular formula is C18H25NO6. The van der Waals surface area contributed by atoms with Crippen LogP contribution >= 0.6 is 0 Å². The number of hydrogen-bond donors (Lipinski definition) is 1. The van der Waals surface area contributed by atoms with E-state index in [0.29, 0.717) is 5.56 Å². The molecule has 0 aliphatic carbocycles. The minimum absolute atomic E-state index is 0.00912. The zero-order valence-electron chi connectivity index (χ0n) is 15.2. The molecule has 0 saturated heterocycles. The van der Waals surface area contributed by atoms with Crippen molar-refractivity contribution in [3.63, 3.8) is 0 Å². The standard InChI is InChI=1S/C18H25NO6/c1-6-24-15(21)18(13(2)20,12-14-10-8-7-9-11-14)19(23)16(22)25-17(3,4)5/h7-11,23H,6,12H2,1-5H3. The fraction of sp³-hybridized carbons (Fsp3) is 0.500. The van der Waals surface area contributed by atoms with Crippen LogP contribution in [0.4, 0.5) is 4.79 Å². The van der Waals surface area contributed by atoms with Crippen LogP contribution in [0.3, 0.4) is 0 Å². The predicted molar refractivity (Wildman–Crippen MR) is 90.1 cm³/mol. The van der Waals surface area contributed by atoms with Crippen molar-refractivity contribution in [2.75, 3.05) is 6.61 Å². The fourth-order valence-electron chi connectivity index (χ4n) is 2.25. The summed E-state index contributed by atoms with van der Waals surface area (Å²) in [6, 6.07) is 8.58. The number of hydroxylamine groups is 2. The first-order chi connectivity index (χ1) is 11.5. The zero-order chi connectivity index (χ0) is 19.3. The average molecular weight is 351 g/mol. The summed E-state index contributed by atoms with van der Waals surface area (Å²) in [6.07, 6.45) is -1.44. The lowest BCUT2D eigenvalue weighted by atomic mass is 9.86. The Kier molecular flexibility index (Phi) is 6.70. The average Bonchev–Trinajstić information content (AvgIpc) is 2.51. The van der Waals surface area contributed by atoms with Crippen molar-refractivity contribution in [3.05, 3.63) is 35.9 Å². The van der Waals surface area contributed by atoms with Crippen LogP contribution in [0, 0.1) is 0 Å². The molecule has 7 heteroatoms. The Labute approximate surface area is 147 Å². The Morgan fingerprint density at radius 1 is 1.12 bits per heavy atom. The van der Waals surface area contributed by atoms with Gasteiger partial charge < -0.3 is 9.47 Å². The van der Waals surface area contributed by atoms with E-state index in [1.165, 1.54) is 0 Å². The van der Waals surface area contributed by atoms with Gasteiger partial charge in [-0.15, -0.1) is 0 Å². The van der Waals surface area contributed by atoms with Gasteiger partial charge in [0.25, 0.3) is 0 Å². The molecule has 0 bridgehead atoms. The molecule has 0 saturated carbocycles. The topological polar surface area (TPSA) is 93.1 Å². The molecule has 1 N–H and O–H groups in total. The van der Waals surface area contributed by atoms with Crippen molar-refractivity contribution in [1.29, 1.82) is 0 Å². The van der Waals surface area contributed by atoms with Crippen LogP contribution in [0.5, 0.6) is 0 Å². The van der Waals surface area contributed by atoms with E-state index in [2.05, 4.69) is 0 Å². The molecule has 1 aromatic carbocycles. The normalized spacial score (nSPS) is 13.5. The van der Waals surface area contributed by atoms with Crippen LogP contribution in [-0.4, -0.2) is 45.9 Å². The number of benzene rings is 1. The molecule has 0 radical (unpaired) electrons. The van der Waals surface area contributed by atoms with Crippen molar-refractivity contribution < 1.29 is 29.1 Å². The maximum atomic E-state index is 12.6. The van der Waals surface area contributed by atoms with Crippen LogP contribution in [0.2, 0.25) is 0 Å². The van der Waals surface area contributed by atoms with Gasteiger partial charge in [0.2, 0.25) is 5.54 Å². The third kappa shape index (κ3) is 5.03. The summed E-state index contributed by atoms with van der Waals surface area (Å²) in [5.74, 6) is -1.75. The number of carbonyl (C=O) groups excluding carboxylic acids is 3. The monoisotopic (exact) mass is 351 g/mol. The minimum atomic E-state index is -2.22. The molecule has 0 aliphatic heterocycles. The summed E-state index contributed by atoms with van der Waals surface area (Å²) in [6.45, 7) is 7.50. The van der Waals surface area contributed by atoms with Crippen molar-refractivity contribution in [3.8, 4) is 0 Å². The molecule has 25 heavy (non-hydrogen) atoms. The van der Waals surface area contributed by atoms with Gasteiger partial charge in [-0.3, -0.25) is 10.0 Å². The number of hydrogen-bond acceptors (Lipinski definition) is 6. The van der Waals surface area contributed by atoms with Crippen LogP contribution in [0.1, 0.15) is 40.2 Å². The van der Waals surface area contributed by atoms with Crippen molar-refractivity contribution in [2.45, 2.75) is 52.2 Å². The largest absolute Gasteiger partial charge is 0.464 e. The molecule has 1 rings (SSSR count). The highest BCUT2D eigenvalue weighted by atomic mass is 16.6. The maximum absolute atomic E-state index is 12.6. The SMILES string of the molecule is CCOC(=O)C(Cc1ccccc1)(C(C)=O)N(O)C(=O)OC(C)(C)C. The number of carbonyl (C=O) groups is 3. The second-order valence-electron chi connectivity index (χ2n) is 6.59. The number of amides is 1. The molecule has 0 spiro atoms. The first-order valence-electron chi connectivity index (χ1n) is 7.99. The lowest BCUT2D eigenvalue weighted by Gasteiger charge is -2.36. The van der Waals surface area contributed by atoms with Gasteiger partial charge in [-0.1, -0.05) is 30.3 Å². The van der Waals surface area contributed by atoms with Crippen molar-refractivity contribution in [1.82, 2.24) is 5.06 Å². The van der Waals surface area contributed by atoms with Gasteiger partial charge in [0.15, 0.2) is 5.78 Å². The van der Waals surface area contributed by atoms with Crippen LogP contribution in [0.15, 0.2) is 30.3 Å². The Hall–Kier alpha value is -2.41. The number of rotatable bonds is 6. The molecule has 0 heterocycles. The molecule has 1 unspecified atom stereocenters. The number of nitrogens with zero attached hydrogens (tertiary/aromatic N) is 1. The minimum Gasteiger partial charge on any atom is -0.464 e. The molecule has 1 amide bonds. The lowest BCUT2D eigenvalue weighted by molar-refractivity contribution is -0.193. The van der Waals surface area contributed by atoms with Crippen LogP contribution in [0.25, 0.3) is 0 Å². The van der Waals surface area contributed by atoms with Gasteiger partial charge >= 0.3 is 12.1 Å². The summed E-state index contributed by atoms with van der Waals surface area (Å²) in [7, 11) is 0. The second kappa shape index (κ2) is 8.11. The highest BCUT2D eigenvalue weighted by Crippen LogP contribution is 2.26. The Balaban J connectivity index is 3.35. The highest BCUT2D eigenvalue weighted by molar-refractivity contribution is 6.09. The zero-order valence-corrected chi connectivity index (χ0v) is 15.2. The van der Waals surface area contributed by atoms with E-state index in [1.54, 1.807) is 58.0 Å². The van der Waals surface area contributed by atoms with Crippen molar-refractivity contribution in [2.24, 2.45) is 0 Å². The molecule has 7 nitrogen and oxygen atoms in total. The summed E-state index contributed by atoms with van der Waals surface area (Å²) >= 11 is 0. The van der Waals surface area contributed by atoms with Crippen LogP contribution < -0.4 is 0 Å². The van der Waals surface area contributed by atoms with Gasteiger partial charge in [0, 0.05) is 6.42 Å². The van der Waals surface area contributed by atoms with E-state index in [0.717, 1.165) is 6.92 Å². The smallest absolute Gasteiger partial charge is 0.435 e. The number of ether oxygens (including phenoxy) is 2. The van der Waals surface area contributed by atoms with Gasteiger partial charge in [0.1, 0.15) is 5.60 Å². The molecule has 0 aliphatic rings. The first kappa shape index (κ1) is 20.6. The van der Waals surface area contributed by atoms with Gasteiger partial charge in [-0.25, -0.2) is 9.59 Å². The van der Waals surface area contributed by atoms with Crippen LogP contribution in [-0.2, 0) is 25.5 Å². The highest BCUT2D eigenvalue weighted by Gasteiger charge is 2.53. The Morgan fingerprint density at radius 2 is 1.68 bits per heavy atom. The Bertz CT molecular complexity index is 622. The molecule has 0 fully saturated rings. The summed E-state index contributed by atoms with van der Waals surface area (Å²) in [5.41, 5.74) is -2.56. The summed E-state index contributed by atoms with van der Waals surface area (Å²) in [5, 5.41) is 10.5. The van der Waals surface area contributed by atoms with E-state index >= 15 is 0 Å². The van der Waals surface area contributed by atoms with Gasteiger partial charge in [-0.2, -0.15) is 5.06 Å². The Morgan fingerprint density at radius 3 is 2.12 bits per heavy atom. The number of ketones is 1. The molecule has 1 atom stereocenters. The molecule has 0 aromatic heterocycles. The first-order valence-corrected chi connectivity index (χ1v) is 7.99. The van der Waals surface area contributed by atoms with E-state index in [-0.39, 0.29) is 18.1 Å². The molecule has 1 aromatic rings.